The number of hydrogen-bond acceptors (Lipinski definition) is 5. The maximum Gasteiger partial charge on any atom is 0.253 e. The molecule has 1 aromatic heterocycles. The van der Waals surface area contributed by atoms with Gasteiger partial charge in [0.15, 0.2) is 0 Å². The molecule has 1 aliphatic carbocycles. The number of nitrogens with zero attached hydrogens (tertiary/aromatic N) is 2. The second kappa shape index (κ2) is 10.3. The van der Waals surface area contributed by atoms with Gasteiger partial charge in [0.25, 0.3) is 5.91 Å². The van der Waals surface area contributed by atoms with Gasteiger partial charge in [-0.2, -0.15) is 4.39 Å². The third-order valence-corrected chi connectivity index (χ3v) is 6.35. The first-order chi connectivity index (χ1) is 15.3. The summed E-state index contributed by atoms with van der Waals surface area (Å²) >= 11 is 0. The topological polar surface area (TPSA) is 107 Å². The van der Waals surface area contributed by atoms with E-state index in [1.165, 1.54) is 24.2 Å². The van der Waals surface area contributed by atoms with Gasteiger partial charge in [-0.25, -0.2) is 4.98 Å². The number of amidine groups is 1. The molecule has 1 amide bonds. The predicted molar refractivity (Wildman–Crippen MR) is 126 cm³/mol. The molecule has 7 nitrogen and oxygen atoms in total. The lowest BCUT2D eigenvalue weighted by atomic mass is 9.77. The van der Waals surface area contributed by atoms with Crippen LogP contribution in [0, 0.1) is 11.4 Å². The number of halogens is 1. The Balaban J connectivity index is 1.66. The lowest BCUT2D eigenvalue weighted by Crippen LogP contribution is -2.49. The van der Waals surface area contributed by atoms with Gasteiger partial charge in [-0.3, -0.25) is 10.2 Å². The van der Waals surface area contributed by atoms with E-state index in [1.807, 2.05) is 18.2 Å². The van der Waals surface area contributed by atoms with Crippen LogP contribution in [0.4, 0.5) is 15.8 Å². The first-order valence-electron chi connectivity index (χ1n) is 10.9. The molecule has 1 heterocycles. The van der Waals surface area contributed by atoms with Crippen LogP contribution in [0.2, 0.25) is 0 Å². The van der Waals surface area contributed by atoms with E-state index < -0.39 is 11.9 Å². The molecule has 32 heavy (non-hydrogen) atoms. The summed E-state index contributed by atoms with van der Waals surface area (Å²) in [5.41, 5.74) is 6.90. The van der Waals surface area contributed by atoms with E-state index in [-0.39, 0.29) is 16.9 Å². The Morgan fingerprint density at radius 2 is 2.00 bits per heavy atom. The van der Waals surface area contributed by atoms with Crippen LogP contribution in [0.25, 0.3) is 0 Å². The van der Waals surface area contributed by atoms with E-state index in [2.05, 4.69) is 46.6 Å². The summed E-state index contributed by atoms with van der Waals surface area (Å²) in [4.78, 5) is 17.8. The minimum atomic E-state index is -0.728. The van der Waals surface area contributed by atoms with E-state index in [1.54, 1.807) is 0 Å². The molecule has 2 aromatic rings. The van der Waals surface area contributed by atoms with E-state index in [9.17, 15) is 9.18 Å². The highest BCUT2D eigenvalue weighted by atomic mass is 19.1. The van der Waals surface area contributed by atoms with Crippen molar-refractivity contribution < 1.29 is 9.18 Å². The Morgan fingerprint density at radius 3 is 2.59 bits per heavy atom. The zero-order valence-corrected chi connectivity index (χ0v) is 18.6. The van der Waals surface area contributed by atoms with Crippen molar-refractivity contribution in [3.05, 3.63) is 66.4 Å². The zero-order valence-electron chi connectivity index (χ0n) is 18.6. The summed E-state index contributed by atoms with van der Waals surface area (Å²) in [6.45, 7) is 2.12. The Bertz CT molecular complexity index is 969. The van der Waals surface area contributed by atoms with Crippen molar-refractivity contribution in [3.63, 3.8) is 0 Å². The van der Waals surface area contributed by atoms with Gasteiger partial charge in [0, 0.05) is 48.5 Å². The Morgan fingerprint density at radius 1 is 1.31 bits per heavy atom. The molecular weight excluding hydrogens is 407 g/mol. The quantitative estimate of drug-likeness (QED) is 0.217. The lowest BCUT2D eigenvalue weighted by Gasteiger charge is -2.43. The molecule has 1 saturated carbocycles. The summed E-state index contributed by atoms with van der Waals surface area (Å²) < 4.78 is 13.3. The number of carbonyl (C=O) groups excluding carboxylic acids is 1. The minimum Gasteiger partial charge on any atom is -0.385 e. The van der Waals surface area contributed by atoms with Gasteiger partial charge in [-0.15, -0.1) is 0 Å². The van der Waals surface area contributed by atoms with Crippen molar-refractivity contribution >= 4 is 23.1 Å². The van der Waals surface area contributed by atoms with Crippen LogP contribution in [0.1, 0.15) is 39.0 Å². The van der Waals surface area contributed by atoms with Gasteiger partial charge in [0.05, 0.1) is 5.57 Å². The van der Waals surface area contributed by atoms with Crippen LogP contribution < -0.4 is 21.3 Å². The largest absolute Gasteiger partial charge is 0.385 e. The number of hydrogen-bond donors (Lipinski definition) is 4. The highest BCUT2D eigenvalue weighted by Gasteiger charge is 2.34. The molecule has 0 spiro atoms. The zero-order chi connectivity index (χ0) is 23.1. The number of nitrogens with one attached hydrogen (secondary N) is 3. The van der Waals surface area contributed by atoms with Crippen molar-refractivity contribution in [1.29, 1.82) is 5.41 Å². The molecular formula is C24H31FN6O. The molecule has 3 rings (SSSR count). The molecule has 8 heteroatoms. The van der Waals surface area contributed by atoms with Crippen LogP contribution in [-0.2, 0) is 4.79 Å². The van der Waals surface area contributed by atoms with Crippen LogP contribution in [0.3, 0.4) is 0 Å². The number of anilines is 2. The maximum atomic E-state index is 13.3. The van der Waals surface area contributed by atoms with E-state index in [4.69, 9.17) is 11.1 Å². The van der Waals surface area contributed by atoms with E-state index in [0.717, 1.165) is 38.2 Å². The molecule has 0 bridgehead atoms. The summed E-state index contributed by atoms with van der Waals surface area (Å²) in [7, 11) is 2.13. The van der Waals surface area contributed by atoms with Crippen molar-refractivity contribution in [3.8, 4) is 0 Å². The van der Waals surface area contributed by atoms with Crippen molar-refractivity contribution in [1.82, 2.24) is 10.3 Å². The number of carbonyl (C=O) groups is 1. The molecule has 1 aliphatic rings. The van der Waals surface area contributed by atoms with Gasteiger partial charge in [0.1, 0.15) is 5.84 Å². The number of pyridine rings is 1. The number of rotatable bonds is 8. The average Bonchev–Trinajstić information content (AvgIpc) is 2.79. The Kier molecular flexibility index (Phi) is 7.45. The van der Waals surface area contributed by atoms with Crippen LogP contribution in [0.5, 0.6) is 0 Å². The fraction of sp³-hybridized carbons (Fsp3) is 0.375. The van der Waals surface area contributed by atoms with Crippen molar-refractivity contribution in [2.24, 2.45) is 5.73 Å². The van der Waals surface area contributed by atoms with Gasteiger partial charge in [0.2, 0.25) is 5.95 Å². The lowest BCUT2D eigenvalue weighted by molar-refractivity contribution is -0.114. The Hall–Kier alpha value is -3.42. The van der Waals surface area contributed by atoms with Crippen molar-refractivity contribution in [2.45, 2.75) is 50.6 Å². The monoisotopic (exact) mass is 438 g/mol. The summed E-state index contributed by atoms with van der Waals surface area (Å²) in [5, 5.41) is 14.3. The molecule has 0 unspecified atom stereocenters. The molecule has 170 valence electrons. The van der Waals surface area contributed by atoms with Gasteiger partial charge in [-0.05, 0) is 50.3 Å². The summed E-state index contributed by atoms with van der Waals surface area (Å²) in [5.74, 6) is -1.60. The maximum absolute atomic E-state index is 13.3. The molecule has 1 aromatic carbocycles. The SMILES string of the molecule is CCC1(N/C=C(\C(=N)Nc2ccnc(F)c2)C(N)=O)CCC(N(C)c2ccccc2)CC1. The number of benzene rings is 1. The number of amides is 1. The fourth-order valence-electron chi connectivity index (χ4n) is 4.20. The molecule has 0 saturated heterocycles. The molecule has 0 radical (unpaired) electrons. The number of aromatic nitrogens is 1. The number of primary amides is 1. The third kappa shape index (κ3) is 5.63. The van der Waals surface area contributed by atoms with Crippen LogP contribution in [0.15, 0.2) is 60.4 Å². The van der Waals surface area contributed by atoms with Gasteiger partial charge < -0.3 is 21.3 Å². The van der Waals surface area contributed by atoms with E-state index in [0.29, 0.717) is 11.7 Å². The second-order valence-electron chi connectivity index (χ2n) is 8.25. The Labute approximate surface area is 188 Å². The molecule has 0 aliphatic heterocycles. The van der Waals surface area contributed by atoms with E-state index >= 15 is 0 Å². The number of para-hydroxylation sites is 1. The molecule has 1 fully saturated rings. The van der Waals surface area contributed by atoms with Crippen LogP contribution in [-0.4, -0.2) is 35.4 Å². The van der Waals surface area contributed by atoms with Gasteiger partial charge in [-0.1, -0.05) is 25.1 Å². The summed E-state index contributed by atoms with van der Waals surface area (Å²) in [6.07, 6.45) is 7.59. The molecule has 5 N–H and O–H groups in total. The molecule has 0 atom stereocenters. The first kappa shape index (κ1) is 23.2. The number of nitrogens with two attached hydrogens (primary N) is 1. The highest BCUT2D eigenvalue weighted by molar-refractivity contribution is 6.23. The fourth-order valence-corrected chi connectivity index (χ4v) is 4.20. The first-order valence-corrected chi connectivity index (χ1v) is 10.9. The highest BCUT2D eigenvalue weighted by Crippen LogP contribution is 2.34. The second-order valence-corrected chi connectivity index (χ2v) is 8.25. The summed E-state index contributed by atoms with van der Waals surface area (Å²) in [6, 6.07) is 13.5. The normalized spacial score (nSPS) is 21.0. The van der Waals surface area contributed by atoms with Crippen LogP contribution >= 0.6 is 0 Å². The van der Waals surface area contributed by atoms with Crippen molar-refractivity contribution in [2.75, 3.05) is 17.3 Å². The van der Waals surface area contributed by atoms with Gasteiger partial charge >= 0.3 is 0 Å². The smallest absolute Gasteiger partial charge is 0.253 e. The predicted octanol–water partition coefficient (Wildman–Crippen LogP) is 3.80. The third-order valence-electron chi connectivity index (χ3n) is 6.35. The standard InChI is InChI=1S/C24H31FN6O/c1-3-24(12-9-19(10-13-24)31(2)18-7-5-4-6-8-18)29-16-20(23(27)32)22(26)30-17-11-14-28-21(25)15-17/h4-8,11,14-16,19,29H,3,9-10,12-13H2,1-2H3,(H2,27,32)(H2,26,28,30)/b20-16+. The minimum absolute atomic E-state index is 0.0126. The average molecular weight is 439 g/mol.